The Bertz CT molecular complexity index is 999. The van der Waals surface area contributed by atoms with Gasteiger partial charge in [-0.1, -0.05) is 44.2 Å². The third kappa shape index (κ3) is 6.22. The molecule has 0 unspecified atom stereocenters. The van der Waals surface area contributed by atoms with Crippen LogP contribution in [0.5, 0.6) is 11.5 Å². The van der Waals surface area contributed by atoms with Crippen LogP contribution in [0.1, 0.15) is 44.2 Å². The summed E-state index contributed by atoms with van der Waals surface area (Å²) < 4.78 is 34.7. The van der Waals surface area contributed by atoms with Crippen molar-refractivity contribution in [2.75, 3.05) is 13.2 Å². The summed E-state index contributed by atoms with van der Waals surface area (Å²) in [6.07, 6.45) is -0.319. The molecule has 1 aliphatic heterocycles. The summed E-state index contributed by atoms with van der Waals surface area (Å²) >= 11 is 0. The zero-order valence-corrected chi connectivity index (χ0v) is 19.5. The van der Waals surface area contributed by atoms with Gasteiger partial charge in [0.2, 0.25) is 0 Å². The average molecular weight is 477 g/mol. The lowest BCUT2D eigenvalue weighted by Gasteiger charge is -2.23. The Kier molecular flexibility index (Phi) is 8.09. The summed E-state index contributed by atoms with van der Waals surface area (Å²) in [6.45, 7) is 2.56. The van der Waals surface area contributed by atoms with Crippen molar-refractivity contribution in [2.24, 2.45) is 0 Å². The van der Waals surface area contributed by atoms with Gasteiger partial charge in [-0.2, -0.15) is 8.78 Å². The minimum absolute atomic E-state index is 0.0496. The number of urea groups is 1. The Morgan fingerprint density at radius 2 is 1.76 bits per heavy atom. The first-order valence-corrected chi connectivity index (χ1v) is 11.2. The van der Waals surface area contributed by atoms with E-state index >= 15 is 0 Å². The fourth-order valence-corrected chi connectivity index (χ4v) is 3.85. The second-order valence-electron chi connectivity index (χ2n) is 8.86. The van der Waals surface area contributed by atoms with E-state index in [2.05, 4.69) is 10.1 Å². The molecule has 1 saturated heterocycles. The highest BCUT2D eigenvalue weighted by atomic mass is 19.3. The molecule has 34 heavy (non-hydrogen) atoms. The van der Waals surface area contributed by atoms with Crippen LogP contribution in [-0.2, 0) is 11.2 Å². The number of ether oxygens (including phenoxy) is 2. The number of nitrogens with one attached hydrogen (secondary N) is 1. The van der Waals surface area contributed by atoms with Crippen molar-refractivity contribution in [3.05, 3.63) is 59.7 Å². The van der Waals surface area contributed by atoms with E-state index in [4.69, 9.17) is 4.74 Å². The molecule has 2 atom stereocenters. The quantitative estimate of drug-likeness (QED) is 0.477. The number of aliphatic hydroxyl groups excluding tert-OH is 1. The number of alkyl halides is 2. The molecule has 9 heteroatoms. The molecule has 3 rings (SSSR count). The van der Waals surface area contributed by atoms with Gasteiger partial charge in [0.1, 0.15) is 29.7 Å². The molecule has 184 valence electrons. The lowest BCUT2D eigenvalue weighted by atomic mass is 9.93. The van der Waals surface area contributed by atoms with Gasteiger partial charge in [-0.05, 0) is 55.0 Å². The van der Waals surface area contributed by atoms with E-state index in [9.17, 15) is 23.5 Å². The van der Waals surface area contributed by atoms with E-state index in [0.717, 1.165) is 16.0 Å². The Morgan fingerprint density at radius 1 is 1.09 bits per heavy atom. The number of aryl methyl sites for hydroxylation is 1. The predicted octanol–water partition coefficient (Wildman–Crippen LogP) is 4.09. The number of aliphatic hydroxyl groups is 1. The van der Waals surface area contributed by atoms with Gasteiger partial charge in [-0.3, -0.25) is 9.69 Å². The fraction of sp³-hybridized carbons (Fsp3) is 0.440. The maximum atomic E-state index is 13.0. The van der Waals surface area contributed by atoms with Gasteiger partial charge >= 0.3 is 12.6 Å². The number of para-hydroxylation sites is 1. The van der Waals surface area contributed by atoms with Crippen LogP contribution >= 0.6 is 0 Å². The van der Waals surface area contributed by atoms with Gasteiger partial charge in [0.15, 0.2) is 0 Å². The number of rotatable bonds is 11. The van der Waals surface area contributed by atoms with Crippen molar-refractivity contribution in [1.82, 2.24) is 10.2 Å². The molecule has 0 aliphatic carbocycles. The van der Waals surface area contributed by atoms with E-state index in [-0.39, 0.29) is 24.8 Å². The molecular weight excluding hydrogens is 446 g/mol. The van der Waals surface area contributed by atoms with E-state index in [1.54, 1.807) is 19.1 Å². The van der Waals surface area contributed by atoms with Crippen LogP contribution in [0, 0.1) is 0 Å². The van der Waals surface area contributed by atoms with Crippen LogP contribution in [0.3, 0.4) is 0 Å². The van der Waals surface area contributed by atoms with Gasteiger partial charge in [-0.25, -0.2) is 4.79 Å². The van der Waals surface area contributed by atoms with Crippen LogP contribution in [0.15, 0.2) is 48.5 Å². The molecule has 0 saturated carbocycles. The van der Waals surface area contributed by atoms with Crippen molar-refractivity contribution >= 4 is 11.9 Å². The molecule has 0 radical (unpaired) electrons. The first-order valence-electron chi connectivity index (χ1n) is 11.2. The molecule has 3 amide bonds. The molecule has 2 N–H and O–H groups in total. The summed E-state index contributed by atoms with van der Waals surface area (Å²) in [5.41, 5.74) is 0.673. The van der Waals surface area contributed by atoms with E-state index in [1.807, 2.05) is 38.1 Å². The van der Waals surface area contributed by atoms with Gasteiger partial charge < -0.3 is 19.9 Å². The first-order chi connectivity index (χ1) is 16.1. The fourth-order valence-electron chi connectivity index (χ4n) is 3.85. The summed E-state index contributed by atoms with van der Waals surface area (Å²) in [6, 6.07) is 13.1. The molecule has 0 bridgehead atoms. The minimum Gasteiger partial charge on any atom is -0.491 e. The minimum atomic E-state index is -2.90. The highest BCUT2D eigenvalue weighted by Crippen LogP contribution is 2.27. The van der Waals surface area contributed by atoms with Gasteiger partial charge in [0.05, 0.1) is 6.54 Å². The Balaban J connectivity index is 1.55. The number of amides is 3. The second kappa shape index (κ2) is 10.8. The maximum Gasteiger partial charge on any atom is 0.387 e. The smallest absolute Gasteiger partial charge is 0.387 e. The van der Waals surface area contributed by atoms with Crippen molar-refractivity contribution < 1.29 is 33.0 Å². The predicted molar refractivity (Wildman–Crippen MR) is 122 cm³/mol. The highest BCUT2D eigenvalue weighted by molar-refractivity contribution is 6.06. The number of carbonyl (C=O) groups excluding carboxylic acids is 2. The zero-order chi connectivity index (χ0) is 24.9. The van der Waals surface area contributed by atoms with Crippen molar-refractivity contribution in [1.29, 1.82) is 0 Å². The zero-order valence-electron chi connectivity index (χ0n) is 19.5. The first kappa shape index (κ1) is 25.4. The number of benzene rings is 2. The summed E-state index contributed by atoms with van der Waals surface area (Å²) in [7, 11) is 0. The Labute approximate surface area is 197 Å². The topological polar surface area (TPSA) is 88.1 Å². The van der Waals surface area contributed by atoms with Gasteiger partial charge in [-0.15, -0.1) is 0 Å². The summed E-state index contributed by atoms with van der Waals surface area (Å²) in [5, 5.41) is 13.1. The third-order valence-corrected chi connectivity index (χ3v) is 5.77. The maximum absolute atomic E-state index is 13.0. The van der Waals surface area contributed by atoms with Crippen LogP contribution in [-0.4, -0.2) is 53.4 Å². The van der Waals surface area contributed by atoms with Crippen molar-refractivity contribution in [2.45, 2.75) is 57.8 Å². The standard InChI is InChI=1S/C25H30F2N2O5/c1-16(2)20-6-4-5-7-21(20)33-15-18(30)14-29-22(31)25(3,28-24(29)32)13-12-17-8-10-19(11-9-17)34-23(26)27/h4-11,16,18,23,30H,12-15H2,1-3H3,(H,28,32)/t18-,25-/m0/s1. The van der Waals surface area contributed by atoms with Gasteiger partial charge in [0.25, 0.3) is 5.91 Å². The lowest BCUT2D eigenvalue weighted by Crippen LogP contribution is -2.45. The van der Waals surface area contributed by atoms with E-state index < -0.39 is 30.2 Å². The van der Waals surface area contributed by atoms with Crippen LogP contribution in [0.25, 0.3) is 0 Å². The Hall–Kier alpha value is -3.20. The largest absolute Gasteiger partial charge is 0.491 e. The van der Waals surface area contributed by atoms with Crippen LogP contribution in [0.2, 0.25) is 0 Å². The number of imide groups is 1. The number of β-amino-alcohol motifs (C(OH)–C–C–N with tert-alkyl or cyclic N) is 1. The number of hydrogen-bond acceptors (Lipinski definition) is 5. The SMILES string of the molecule is CC(C)c1ccccc1OC[C@@H](O)CN1C(=O)N[C@@](C)(CCc2ccc(OC(F)F)cc2)C1=O. The van der Waals surface area contributed by atoms with E-state index in [0.29, 0.717) is 18.6 Å². The number of halogens is 2. The molecule has 1 fully saturated rings. The van der Waals surface area contributed by atoms with Crippen molar-refractivity contribution in [3.63, 3.8) is 0 Å². The van der Waals surface area contributed by atoms with E-state index in [1.165, 1.54) is 12.1 Å². The third-order valence-electron chi connectivity index (χ3n) is 5.77. The number of carbonyl (C=O) groups is 2. The molecule has 2 aromatic carbocycles. The second-order valence-corrected chi connectivity index (χ2v) is 8.86. The molecule has 0 spiro atoms. The normalized spacial score (nSPS) is 19.0. The number of hydrogen-bond donors (Lipinski definition) is 2. The number of nitrogens with zero attached hydrogens (tertiary/aromatic N) is 1. The molecule has 0 aromatic heterocycles. The Morgan fingerprint density at radius 3 is 2.41 bits per heavy atom. The molecule has 1 aliphatic rings. The van der Waals surface area contributed by atoms with Gasteiger partial charge in [0, 0.05) is 0 Å². The highest BCUT2D eigenvalue weighted by Gasteiger charge is 2.47. The summed E-state index contributed by atoms with van der Waals surface area (Å²) in [5.74, 6) is 0.516. The summed E-state index contributed by atoms with van der Waals surface area (Å²) in [4.78, 5) is 26.4. The van der Waals surface area contributed by atoms with Crippen LogP contribution in [0.4, 0.5) is 13.6 Å². The molecular formula is C25H30F2N2O5. The molecule has 2 aromatic rings. The lowest BCUT2D eigenvalue weighted by molar-refractivity contribution is -0.132. The molecule has 1 heterocycles. The molecule has 7 nitrogen and oxygen atoms in total. The van der Waals surface area contributed by atoms with Crippen LogP contribution < -0.4 is 14.8 Å². The average Bonchev–Trinajstić information content (AvgIpc) is 3.00. The monoisotopic (exact) mass is 476 g/mol. The van der Waals surface area contributed by atoms with Crippen molar-refractivity contribution in [3.8, 4) is 11.5 Å².